The first-order valence-electron chi connectivity index (χ1n) is 9.94. The van der Waals surface area contributed by atoms with Gasteiger partial charge in [-0.25, -0.2) is 9.48 Å². The van der Waals surface area contributed by atoms with Crippen molar-refractivity contribution in [1.82, 2.24) is 14.3 Å². The smallest absolute Gasteiger partial charge is 0.321 e. The number of carbonyl (C=O) groups is 1. The van der Waals surface area contributed by atoms with E-state index in [0.29, 0.717) is 11.4 Å². The molecule has 1 N–H and O–H groups in total. The molecule has 1 aliphatic rings. The van der Waals surface area contributed by atoms with Crippen LogP contribution < -0.4 is 10.9 Å². The molecule has 29 heavy (non-hydrogen) atoms. The lowest BCUT2D eigenvalue weighted by atomic mass is 9.87. The van der Waals surface area contributed by atoms with E-state index in [2.05, 4.69) is 17.4 Å². The van der Waals surface area contributed by atoms with Gasteiger partial charge in [0.2, 0.25) is 0 Å². The molecule has 1 heterocycles. The molecule has 0 unspecified atom stereocenters. The fourth-order valence-electron chi connectivity index (χ4n) is 4.18. The van der Waals surface area contributed by atoms with Gasteiger partial charge >= 0.3 is 6.03 Å². The van der Waals surface area contributed by atoms with E-state index in [1.54, 1.807) is 21.3 Å². The van der Waals surface area contributed by atoms with Gasteiger partial charge in [-0.05, 0) is 49.4 Å². The molecular weight excluding hydrogens is 364 g/mol. The van der Waals surface area contributed by atoms with Crippen molar-refractivity contribution in [3.8, 4) is 5.69 Å². The van der Waals surface area contributed by atoms with Crippen LogP contribution in [0, 0.1) is 6.92 Å². The monoisotopic (exact) mass is 390 g/mol. The zero-order valence-electron chi connectivity index (χ0n) is 17.1. The Morgan fingerprint density at radius 2 is 1.79 bits per heavy atom. The molecule has 1 aliphatic carbocycles. The molecule has 2 aromatic carbocycles. The number of nitrogens with one attached hydrogen (secondary N) is 1. The Morgan fingerprint density at radius 1 is 1.10 bits per heavy atom. The maximum Gasteiger partial charge on any atom is 0.322 e. The lowest BCUT2D eigenvalue weighted by Gasteiger charge is -2.33. The number of para-hydroxylation sites is 1. The van der Waals surface area contributed by atoms with Crippen LogP contribution in [-0.4, -0.2) is 27.3 Å². The van der Waals surface area contributed by atoms with E-state index in [9.17, 15) is 9.59 Å². The van der Waals surface area contributed by atoms with Crippen molar-refractivity contribution < 1.29 is 4.79 Å². The number of urea groups is 1. The summed E-state index contributed by atoms with van der Waals surface area (Å²) >= 11 is 0. The first-order valence-corrected chi connectivity index (χ1v) is 9.94. The van der Waals surface area contributed by atoms with Gasteiger partial charge in [-0.2, -0.15) is 0 Å². The van der Waals surface area contributed by atoms with E-state index in [1.165, 1.54) is 11.1 Å². The third-order valence-corrected chi connectivity index (χ3v) is 5.91. The molecule has 0 bridgehead atoms. The van der Waals surface area contributed by atoms with Crippen molar-refractivity contribution in [2.75, 3.05) is 12.4 Å². The molecule has 6 nitrogen and oxygen atoms in total. The summed E-state index contributed by atoms with van der Waals surface area (Å²) in [5.41, 5.74) is 4.05. The van der Waals surface area contributed by atoms with E-state index >= 15 is 0 Å². The van der Waals surface area contributed by atoms with Gasteiger partial charge in [0.1, 0.15) is 5.69 Å². The van der Waals surface area contributed by atoms with Crippen molar-refractivity contribution in [2.24, 2.45) is 7.05 Å². The third-order valence-electron chi connectivity index (χ3n) is 5.91. The predicted molar refractivity (Wildman–Crippen MR) is 115 cm³/mol. The summed E-state index contributed by atoms with van der Waals surface area (Å²) in [5.74, 6) is 0. The zero-order valence-corrected chi connectivity index (χ0v) is 17.1. The molecule has 1 aromatic heterocycles. The van der Waals surface area contributed by atoms with Crippen LogP contribution in [0.25, 0.3) is 5.69 Å². The highest BCUT2D eigenvalue weighted by Gasteiger charge is 2.28. The Kier molecular flexibility index (Phi) is 5.01. The van der Waals surface area contributed by atoms with E-state index in [1.807, 2.05) is 56.4 Å². The molecule has 0 fully saturated rings. The van der Waals surface area contributed by atoms with E-state index in [0.717, 1.165) is 24.9 Å². The number of carbonyl (C=O) groups excluding carboxylic acids is 1. The van der Waals surface area contributed by atoms with Crippen LogP contribution >= 0.6 is 0 Å². The van der Waals surface area contributed by atoms with Crippen molar-refractivity contribution in [3.05, 3.63) is 81.8 Å². The predicted octanol–water partition coefficient (Wildman–Crippen LogP) is 4.03. The number of rotatable bonds is 3. The van der Waals surface area contributed by atoms with Crippen LogP contribution in [0.4, 0.5) is 10.5 Å². The summed E-state index contributed by atoms with van der Waals surface area (Å²) < 4.78 is 3.34. The number of amides is 2. The van der Waals surface area contributed by atoms with Gasteiger partial charge in [-0.3, -0.25) is 9.48 Å². The molecule has 6 heteroatoms. The SMILES string of the molecule is Cc1c(NC(=O)N(C)[C@H]2CCCc3ccccc32)c(=O)n(-c2ccccc2)n1C. The minimum Gasteiger partial charge on any atom is -0.321 e. The van der Waals surface area contributed by atoms with Gasteiger partial charge in [0.15, 0.2) is 0 Å². The highest BCUT2D eigenvalue weighted by molar-refractivity contribution is 5.90. The second kappa shape index (κ2) is 7.62. The number of benzene rings is 2. The van der Waals surface area contributed by atoms with Gasteiger partial charge in [0, 0.05) is 14.1 Å². The highest BCUT2D eigenvalue weighted by atomic mass is 16.2. The molecule has 0 saturated heterocycles. The van der Waals surface area contributed by atoms with Crippen LogP contribution in [0.1, 0.15) is 35.7 Å². The van der Waals surface area contributed by atoms with Crippen molar-refractivity contribution in [1.29, 1.82) is 0 Å². The summed E-state index contributed by atoms with van der Waals surface area (Å²) in [6.45, 7) is 1.84. The molecule has 4 rings (SSSR count). The number of aryl methyl sites for hydroxylation is 1. The minimum absolute atomic E-state index is 0.0142. The van der Waals surface area contributed by atoms with Gasteiger partial charge in [-0.15, -0.1) is 0 Å². The van der Waals surface area contributed by atoms with Crippen LogP contribution in [0.5, 0.6) is 0 Å². The first kappa shape index (κ1) is 19.1. The summed E-state index contributed by atoms with van der Waals surface area (Å²) in [7, 11) is 3.62. The van der Waals surface area contributed by atoms with Gasteiger partial charge in [0.25, 0.3) is 5.56 Å². The third kappa shape index (κ3) is 3.35. The molecule has 150 valence electrons. The second-order valence-corrected chi connectivity index (χ2v) is 7.58. The summed E-state index contributed by atoms with van der Waals surface area (Å²) in [4.78, 5) is 27.8. The standard InChI is InChI=1S/C23H26N4O2/c1-16-21(22(28)27(26(16)3)18-12-5-4-6-13-18)24-23(29)25(2)20-15-9-11-17-10-7-8-14-19(17)20/h4-8,10,12-14,20H,9,11,15H2,1-3H3,(H,24,29)/t20-/m0/s1. The summed E-state index contributed by atoms with van der Waals surface area (Å²) in [6, 6.07) is 17.5. The van der Waals surface area contributed by atoms with Crippen LogP contribution in [-0.2, 0) is 13.5 Å². The Hall–Kier alpha value is -3.28. The second-order valence-electron chi connectivity index (χ2n) is 7.58. The van der Waals surface area contributed by atoms with Crippen LogP contribution in [0.3, 0.4) is 0 Å². The van der Waals surface area contributed by atoms with Gasteiger partial charge in [0.05, 0.1) is 17.4 Å². The Bertz CT molecular complexity index is 1100. The van der Waals surface area contributed by atoms with E-state index in [4.69, 9.17) is 0 Å². The number of hydrogen-bond acceptors (Lipinski definition) is 2. The normalized spacial score (nSPS) is 15.6. The Morgan fingerprint density at radius 3 is 2.55 bits per heavy atom. The maximum atomic E-state index is 13.1. The fraction of sp³-hybridized carbons (Fsp3) is 0.304. The molecule has 0 aliphatic heterocycles. The topological polar surface area (TPSA) is 59.3 Å². The number of fused-ring (bicyclic) bond motifs is 1. The lowest BCUT2D eigenvalue weighted by Crippen LogP contribution is -2.37. The lowest BCUT2D eigenvalue weighted by molar-refractivity contribution is 0.197. The number of anilines is 1. The summed E-state index contributed by atoms with van der Waals surface area (Å²) in [6.07, 6.45) is 3.01. The largest absolute Gasteiger partial charge is 0.322 e. The maximum absolute atomic E-state index is 13.1. The van der Waals surface area contributed by atoms with Gasteiger partial charge < -0.3 is 10.2 Å². The minimum atomic E-state index is -0.266. The molecule has 1 atom stereocenters. The first-order chi connectivity index (χ1) is 14.0. The molecule has 3 aromatic rings. The molecule has 2 amide bonds. The number of aromatic nitrogens is 2. The van der Waals surface area contributed by atoms with Crippen LogP contribution in [0.2, 0.25) is 0 Å². The number of hydrogen-bond donors (Lipinski definition) is 1. The average Bonchev–Trinajstić information content (AvgIpc) is 2.96. The summed E-state index contributed by atoms with van der Waals surface area (Å²) in [5, 5.41) is 2.87. The van der Waals surface area contributed by atoms with E-state index < -0.39 is 0 Å². The molecule has 0 saturated carbocycles. The Balaban J connectivity index is 1.62. The van der Waals surface area contributed by atoms with Crippen molar-refractivity contribution >= 4 is 11.7 Å². The van der Waals surface area contributed by atoms with Crippen LogP contribution in [0.15, 0.2) is 59.4 Å². The zero-order chi connectivity index (χ0) is 20.5. The Labute approximate surface area is 170 Å². The highest BCUT2D eigenvalue weighted by Crippen LogP contribution is 2.33. The van der Waals surface area contributed by atoms with Gasteiger partial charge in [-0.1, -0.05) is 42.5 Å². The number of nitrogens with zero attached hydrogens (tertiary/aromatic N) is 3. The molecular formula is C23H26N4O2. The molecule has 0 spiro atoms. The van der Waals surface area contributed by atoms with Crippen molar-refractivity contribution in [2.45, 2.75) is 32.2 Å². The average molecular weight is 390 g/mol. The quantitative estimate of drug-likeness (QED) is 0.734. The fourth-order valence-corrected chi connectivity index (χ4v) is 4.18. The molecule has 0 radical (unpaired) electrons. The van der Waals surface area contributed by atoms with Crippen molar-refractivity contribution in [3.63, 3.8) is 0 Å². The van der Waals surface area contributed by atoms with E-state index in [-0.39, 0.29) is 17.6 Å².